The first-order chi connectivity index (χ1) is 8.58. The molecule has 2 rings (SSSR count). The minimum absolute atomic E-state index is 0.0270. The molecule has 0 aliphatic carbocycles. The normalized spacial score (nSPS) is 18.9. The fraction of sp³-hybridized carbons (Fsp3) is 0.727. The van der Waals surface area contributed by atoms with Crippen molar-refractivity contribution >= 4 is 17.4 Å². The quantitative estimate of drug-likeness (QED) is 0.836. The average molecular weight is 270 g/mol. The van der Waals surface area contributed by atoms with E-state index in [1.807, 2.05) is 4.90 Å². The molecule has 1 aliphatic heterocycles. The zero-order chi connectivity index (χ0) is 13.1. The molecule has 1 N–H and O–H groups in total. The fourth-order valence-corrected chi connectivity index (χ4v) is 2.70. The van der Waals surface area contributed by atoms with Gasteiger partial charge < -0.3 is 10.0 Å². The molecule has 1 aromatic heterocycles. The summed E-state index contributed by atoms with van der Waals surface area (Å²) in [5, 5.41) is 13.2. The Morgan fingerprint density at radius 1 is 1.44 bits per heavy atom. The summed E-state index contributed by atoms with van der Waals surface area (Å²) in [6, 6.07) is 0. The minimum Gasteiger partial charge on any atom is -0.392 e. The van der Waals surface area contributed by atoms with Crippen LogP contribution in [0.4, 0.5) is 0 Å². The van der Waals surface area contributed by atoms with Crippen LogP contribution in [0.1, 0.15) is 22.3 Å². The van der Waals surface area contributed by atoms with Crippen LogP contribution in [-0.4, -0.2) is 69.2 Å². The summed E-state index contributed by atoms with van der Waals surface area (Å²) in [6.45, 7) is 7.27. The lowest BCUT2D eigenvalue weighted by atomic mass is 10.2. The Morgan fingerprint density at radius 3 is 2.61 bits per heavy atom. The molecule has 1 aromatic rings. The van der Waals surface area contributed by atoms with Gasteiger partial charge in [0.1, 0.15) is 4.88 Å². The van der Waals surface area contributed by atoms with Crippen molar-refractivity contribution in [1.82, 2.24) is 19.4 Å². The summed E-state index contributed by atoms with van der Waals surface area (Å²) in [4.78, 5) is 16.8. The average Bonchev–Trinajstić information content (AvgIpc) is 2.75. The van der Waals surface area contributed by atoms with Crippen LogP contribution in [0.3, 0.4) is 0 Å². The largest absolute Gasteiger partial charge is 0.392 e. The van der Waals surface area contributed by atoms with Gasteiger partial charge in [-0.05, 0) is 25.4 Å². The first-order valence-electron chi connectivity index (χ1n) is 6.06. The van der Waals surface area contributed by atoms with Crippen molar-refractivity contribution in [2.24, 2.45) is 0 Å². The van der Waals surface area contributed by atoms with E-state index in [1.165, 1.54) is 0 Å². The summed E-state index contributed by atoms with van der Waals surface area (Å²) in [7, 11) is 0. The van der Waals surface area contributed by atoms with Crippen LogP contribution in [0.2, 0.25) is 0 Å². The predicted molar refractivity (Wildman–Crippen MR) is 68.7 cm³/mol. The molecule has 6 nitrogen and oxygen atoms in total. The maximum atomic E-state index is 12.2. The highest BCUT2D eigenvalue weighted by Crippen LogP contribution is 2.14. The van der Waals surface area contributed by atoms with Gasteiger partial charge in [0.15, 0.2) is 0 Å². The van der Waals surface area contributed by atoms with Crippen LogP contribution < -0.4 is 0 Å². The van der Waals surface area contributed by atoms with Gasteiger partial charge in [0, 0.05) is 32.7 Å². The third-order valence-electron chi connectivity index (χ3n) is 3.03. The number of rotatable bonds is 3. The monoisotopic (exact) mass is 270 g/mol. The number of hydrogen-bond acceptors (Lipinski definition) is 6. The van der Waals surface area contributed by atoms with Crippen molar-refractivity contribution in [2.75, 3.05) is 32.7 Å². The van der Waals surface area contributed by atoms with E-state index in [2.05, 4.69) is 14.5 Å². The molecule has 1 atom stereocenters. The van der Waals surface area contributed by atoms with Gasteiger partial charge in [0.25, 0.3) is 5.91 Å². The van der Waals surface area contributed by atoms with Crippen molar-refractivity contribution in [1.29, 1.82) is 0 Å². The lowest BCUT2D eigenvalue weighted by molar-refractivity contribution is 0.0557. The van der Waals surface area contributed by atoms with Crippen molar-refractivity contribution < 1.29 is 9.90 Å². The molecule has 2 heterocycles. The molecule has 1 fully saturated rings. The Bertz CT molecular complexity index is 413. The van der Waals surface area contributed by atoms with Gasteiger partial charge in [-0.25, -0.2) is 0 Å². The van der Waals surface area contributed by atoms with Gasteiger partial charge in [-0.15, -0.1) is 5.10 Å². The van der Waals surface area contributed by atoms with Gasteiger partial charge in [0.05, 0.1) is 11.8 Å². The molecule has 18 heavy (non-hydrogen) atoms. The van der Waals surface area contributed by atoms with Gasteiger partial charge in [-0.3, -0.25) is 9.69 Å². The third-order valence-corrected chi connectivity index (χ3v) is 3.84. The van der Waals surface area contributed by atoms with E-state index in [-0.39, 0.29) is 12.0 Å². The molecule has 0 bridgehead atoms. The Balaban J connectivity index is 1.90. The summed E-state index contributed by atoms with van der Waals surface area (Å²) < 4.78 is 3.79. The molecule has 1 saturated heterocycles. The van der Waals surface area contributed by atoms with Crippen molar-refractivity contribution in [3.8, 4) is 0 Å². The lowest BCUT2D eigenvalue weighted by Crippen LogP contribution is -2.50. The van der Waals surface area contributed by atoms with Gasteiger partial charge in [-0.1, -0.05) is 4.49 Å². The summed E-state index contributed by atoms with van der Waals surface area (Å²) >= 11 is 1.16. The number of amides is 1. The van der Waals surface area contributed by atoms with Gasteiger partial charge in [0.2, 0.25) is 0 Å². The predicted octanol–water partition coefficient (Wildman–Crippen LogP) is -0.0149. The van der Waals surface area contributed by atoms with E-state index in [4.69, 9.17) is 0 Å². The minimum atomic E-state index is -0.319. The number of carbonyl (C=O) groups is 1. The number of aryl methyl sites for hydroxylation is 1. The molecule has 0 radical (unpaired) electrons. The summed E-state index contributed by atoms with van der Waals surface area (Å²) in [5.41, 5.74) is 0.705. The number of nitrogens with zero attached hydrogens (tertiary/aromatic N) is 4. The molecule has 0 spiro atoms. The van der Waals surface area contributed by atoms with Crippen LogP contribution in [0, 0.1) is 6.92 Å². The fourth-order valence-electron chi connectivity index (χ4n) is 2.08. The molecule has 0 saturated carbocycles. The maximum Gasteiger partial charge on any atom is 0.267 e. The van der Waals surface area contributed by atoms with Crippen LogP contribution in [-0.2, 0) is 0 Å². The second-order valence-electron chi connectivity index (χ2n) is 4.63. The summed E-state index contributed by atoms with van der Waals surface area (Å²) in [5.74, 6) is 0.0270. The van der Waals surface area contributed by atoms with E-state index < -0.39 is 0 Å². The molecular weight excluding hydrogens is 252 g/mol. The molecule has 1 aliphatic rings. The third kappa shape index (κ3) is 3.04. The van der Waals surface area contributed by atoms with E-state index in [9.17, 15) is 9.90 Å². The van der Waals surface area contributed by atoms with Gasteiger partial charge in [-0.2, -0.15) is 0 Å². The zero-order valence-corrected chi connectivity index (χ0v) is 11.5. The van der Waals surface area contributed by atoms with Crippen LogP contribution in [0.25, 0.3) is 0 Å². The topological polar surface area (TPSA) is 69.6 Å². The van der Waals surface area contributed by atoms with Crippen LogP contribution >= 0.6 is 11.5 Å². The molecule has 100 valence electrons. The Kier molecular flexibility index (Phi) is 4.26. The Morgan fingerprint density at radius 2 is 2.11 bits per heavy atom. The number of aromatic nitrogens is 2. The highest BCUT2D eigenvalue weighted by Gasteiger charge is 2.25. The molecule has 0 aromatic carbocycles. The van der Waals surface area contributed by atoms with E-state index in [0.29, 0.717) is 30.2 Å². The maximum absolute atomic E-state index is 12.2. The number of hydrogen-bond donors (Lipinski definition) is 1. The van der Waals surface area contributed by atoms with Crippen LogP contribution in [0.5, 0.6) is 0 Å². The second kappa shape index (κ2) is 5.73. The van der Waals surface area contributed by atoms with E-state index in [0.717, 1.165) is 24.6 Å². The van der Waals surface area contributed by atoms with Crippen molar-refractivity contribution in [3.05, 3.63) is 10.6 Å². The lowest BCUT2D eigenvalue weighted by Gasteiger charge is -2.35. The Labute approximate surface area is 110 Å². The smallest absolute Gasteiger partial charge is 0.267 e. The standard InChI is InChI=1S/C11H18N4O2S/c1-8(16)7-14-3-5-15(6-4-14)11(17)10-9(2)12-13-18-10/h8,16H,3-7H2,1-2H3/t8-/m1/s1. The Hall–Kier alpha value is -1.05. The van der Waals surface area contributed by atoms with Crippen molar-refractivity contribution in [3.63, 3.8) is 0 Å². The number of carbonyl (C=O) groups excluding carboxylic acids is 1. The molecular formula is C11H18N4O2S. The molecule has 0 unspecified atom stereocenters. The van der Waals surface area contributed by atoms with Gasteiger partial charge >= 0.3 is 0 Å². The number of β-amino-alcohol motifs (C(OH)–C–C–N with tert-alkyl or cyclic N) is 1. The van der Waals surface area contributed by atoms with Crippen molar-refractivity contribution in [2.45, 2.75) is 20.0 Å². The number of piperazine rings is 1. The molecule has 1 amide bonds. The molecule has 7 heteroatoms. The highest BCUT2D eigenvalue weighted by molar-refractivity contribution is 7.07. The SMILES string of the molecule is Cc1nnsc1C(=O)N1CCN(C[C@@H](C)O)CC1. The second-order valence-corrected chi connectivity index (χ2v) is 5.38. The number of aliphatic hydroxyl groups is 1. The van der Waals surface area contributed by atoms with Crippen LogP contribution in [0.15, 0.2) is 0 Å². The number of aliphatic hydroxyl groups excluding tert-OH is 1. The first-order valence-corrected chi connectivity index (χ1v) is 6.84. The zero-order valence-electron chi connectivity index (χ0n) is 10.7. The first kappa shape index (κ1) is 13.4. The van der Waals surface area contributed by atoms with E-state index in [1.54, 1.807) is 13.8 Å². The highest BCUT2D eigenvalue weighted by atomic mass is 32.1. The summed E-state index contributed by atoms with van der Waals surface area (Å²) in [6.07, 6.45) is -0.319. The van der Waals surface area contributed by atoms with E-state index >= 15 is 0 Å².